The first kappa shape index (κ1) is 33.4. The van der Waals surface area contributed by atoms with Crippen LogP contribution in [0.2, 0.25) is 0 Å². The van der Waals surface area contributed by atoms with E-state index in [1.54, 1.807) is 24.6 Å². The lowest BCUT2D eigenvalue weighted by atomic mass is 10.0. The van der Waals surface area contributed by atoms with Gasteiger partial charge < -0.3 is 35.3 Å². The average Bonchev–Trinajstić information content (AvgIpc) is 3.53. The molecule has 0 spiro atoms. The average molecular weight is 639 g/mol. The van der Waals surface area contributed by atoms with E-state index in [2.05, 4.69) is 15.6 Å². The maximum Gasteiger partial charge on any atom is 0.250 e. The highest BCUT2D eigenvalue weighted by atomic mass is 16.5. The molecule has 1 saturated heterocycles. The van der Waals surface area contributed by atoms with Crippen molar-refractivity contribution in [2.24, 2.45) is 5.73 Å². The van der Waals surface area contributed by atoms with Crippen LogP contribution in [0.5, 0.6) is 5.75 Å². The van der Waals surface area contributed by atoms with Crippen molar-refractivity contribution in [3.8, 4) is 5.75 Å². The highest BCUT2D eigenvalue weighted by Crippen LogP contribution is 2.26. The number of imidazole rings is 1. The van der Waals surface area contributed by atoms with Crippen molar-refractivity contribution in [2.45, 2.75) is 57.0 Å². The zero-order valence-corrected chi connectivity index (χ0v) is 26.7. The standard InChI is InChI=1S/C36H42N6O5/c1-36(2,37)35(45)39-30(24-46-23-26-12-6-3-7-13-26)33(43)40-31-22-42(25-38-31)32(27-14-8-4-9-15-27)34(44)41-20-18-29(19-21-41)47-28-16-10-5-11-17-28/h3-17,22,25,29-30,32H,18-21,23-24,37H2,1-2H3,(H,39,45)(H,40,43). The predicted octanol–water partition coefficient (Wildman–Crippen LogP) is 3.92. The van der Waals surface area contributed by atoms with E-state index in [1.165, 1.54) is 6.33 Å². The minimum atomic E-state index is -1.20. The Morgan fingerprint density at radius 1 is 0.936 bits per heavy atom. The summed E-state index contributed by atoms with van der Waals surface area (Å²) < 4.78 is 13.6. The molecular formula is C36H42N6O5. The number of carbonyl (C=O) groups excluding carboxylic acids is 3. The van der Waals surface area contributed by atoms with Crippen LogP contribution in [0.25, 0.3) is 0 Å². The Labute approximate surface area is 275 Å². The number of hydrogen-bond acceptors (Lipinski definition) is 7. The third kappa shape index (κ3) is 9.27. The van der Waals surface area contributed by atoms with Crippen LogP contribution in [0.4, 0.5) is 5.82 Å². The van der Waals surface area contributed by atoms with E-state index in [1.807, 2.05) is 95.9 Å². The summed E-state index contributed by atoms with van der Waals surface area (Å²) in [6.45, 7) is 4.40. The highest BCUT2D eigenvalue weighted by molar-refractivity contribution is 5.98. The number of carbonyl (C=O) groups is 3. The van der Waals surface area contributed by atoms with Crippen LogP contribution < -0.4 is 21.1 Å². The molecule has 0 saturated carbocycles. The van der Waals surface area contributed by atoms with Crippen molar-refractivity contribution >= 4 is 23.5 Å². The number of hydrogen-bond donors (Lipinski definition) is 3. The van der Waals surface area contributed by atoms with Crippen LogP contribution in [0, 0.1) is 0 Å². The van der Waals surface area contributed by atoms with Gasteiger partial charge in [0, 0.05) is 32.1 Å². The molecule has 1 fully saturated rings. The van der Waals surface area contributed by atoms with E-state index in [9.17, 15) is 14.4 Å². The van der Waals surface area contributed by atoms with E-state index < -0.39 is 29.4 Å². The lowest BCUT2D eigenvalue weighted by Gasteiger charge is -2.34. The van der Waals surface area contributed by atoms with Gasteiger partial charge >= 0.3 is 0 Å². The minimum absolute atomic E-state index is 0.0293. The molecule has 0 radical (unpaired) electrons. The Morgan fingerprint density at radius 3 is 2.19 bits per heavy atom. The number of piperidine rings is 1. The van der Waals surface area contributed by atoms with Crippen molar-refractivity contribution in [1.29, 1.82) is 0 Å². The Morgan fingerprint density at radius 2 is 1.55 bits per heavy atom. The second kappa shape index (κ2) is 15.5. The summed E-state index contributed by atoms with van der Waals surface area (Å²) in [6, 6.07) is 27.0. The number of aromatic nitrogens is 2. The molecular weight excluding hydrogens is 596 g/mol. The summed E-state index contributed by atoms with van der Waals surface area (Å²) >= 11 is 0. The molecule has 1 aliphatic heterocycles. The normalized spacial score (nSPS) is 15.0. The number of para-hydroxylation sites is 1. The lowest BCUT2D eigenvalue weighted by molar-refractivity contribution is -0.135. The summed E-state index contributed by atoms with van der Waals surface area (Å²) in [7, 11) is 0. The zero-order chi connectivity index (χ0) is 33.2. The molecule has 4 N–H and O–H groups in total. The number of nitrogens with zero attached hydrogens (tertiary/aromatic N) is 3. The van der Waals surface area contributed by atoms with E-state index in [0.29, 0.717) is 25.9 Å². The molecule has 3 amide bonds. The molecule has 0 aliphatic carbocycles. The van der Waals surface area contributed by atoms with E-state index >= 15 is 0 Å². The Hall–Kier alpha value is -5.00. The fourth-order valence-corrected chi connectivity index (χ4v) is 5.29. The van der Waals surface area contributed by atoms with Crippen LogP contribution in [-0.2, 0) is 25.7 Å². The number of likely N-dealkylation sites (tertiary alicyclic amines) is 1. The number of nitrogens with two attached hydrogens (primary N) is 1. The fraction of sp³-hybridized carbons (Fsp3) is 0.333. The zero-order valence-electron chi connectivity index (χ0n) is 26.7. The summed E-state index contributed by atoms with van der Waals surface area (Å²) in [5.41, 5.74) is 6.50. The summed E-state index contributed by atoms with van der Waals surface area (Å²) in [5.74, 6) is -0.0471. The molecule has 4 aromatic rings. The molecule has 246 valence electrons. The second-order valence-corrected chi connectivity index (χ2v) is 12.2. The van der Waals surface area contributed by atoms with Crippen molar-refractivity contribution in [3.63, 3.8) is 0 Å². The molecule has 0 bridgehead atoms. The van der Waals surface area contributed by atoms with Crippen molar-refractivity contribution < 1.29 is 23.9 Å². The van der Waals surface area contributed by atoms with E-state index in [-0.39, 0.29) is 31.0 Å². The Balaban J connectivity index is 1.27. The number of rotatable bonds is 13. The molecule has 2 atom stereocenters. The van der Waals surface area contributed by atoms with Gasteiger partial charge in [-0.15, -0.1) is 0 Å². The number of ether oxygens (including phenoxy) is 2. The van der Waals surface area contributed by atoms with Gasteiger partial charge in [0.1, 0.15) is 23.9 Å². The monoisotopic (exact) mass is 638 g/mol. The second-order valence-electron chi connectivity index (χ2n) is 12.2. The van der Waals surface area contributed by atoms with E-state index in [0.717, 1.165) is 16.9 Å². The van der Waals surface area contributed by atoms with Crippen LogP contribution >= 0.6 is 0 Å². The van der Waals surface area contributed by atoms with Gasteiger partial charge in [-0.05, 0) is 37.1 Å². The van der Waals surface area contributed by atoms with Gasteiger partial charge in [0.25, 0.3) is 5.91 Å². The molecule has 2 heterocycles. The summed E-state index contributed by atoms with van der Waals surface area (Å²) in [6.07, 6.45) is 4.61. The van der Waals surface area contributed by atoms with Gasteiger partial charge in [-0.25, -0.2) is 4.98 Å². The maximum atomic E-state index is 14.0. The quantitative estimate of drug-likeness (QED) is 0.202. The smallest absolute Gasteiger partial charge is 0.250 e. The van der Waals surface area contributed by atoms with Gasteiger partial charge in [-0.2, -0.15) is 0 Å². The Kier molecular flexibility index (Phi) is 11.0. The van der Waals surface area contributed by atoms with Crippen LogP contribution in [0.15, 0.2) is 104 Å². The van der Waals surface area contributed by atoms with Gasteiger partial charge in [-0.1, -0.05) is 78.9 Å². The molecule has 2 unspecified atom stereocenters. The van der Waals surface area contributed by atoms with Crippen molar-refractivity contribution in [1.82, 2.24) is 19.8 Å². The fourth-order valence-electron chi connectivity index (χ4n) is 5.29. The lowest BCUT2D eigenvalue weighted by Crippen LogP contribution is -2.56. The molecule has 11 nitrogen and oxygen atoms in total. The van der Waals surface area contributed by atoms with Crippen LogP contribution in [0.1, 0.15) is 43.9 Å². The number of amides is 3. The Bertz CT molecular complexity index is 1600. The number of nitrogens with one attached hydrogen (secondary N) is 2. The largest absolute Gasteiger partial charge is 0.490 e. The minimum Gasteiger partial charge on any atom is -0.490 e. The molecule has 5 rings (SSSR count). The van der Waals surface area contributed by atoms with Gasteiger partial charge in [0.05, 0.1) is 25.1 Å². The van der Waals surface area contributed by atoms with Crippen molar-refractivity contribution in [2.75, 3.05) is 25.0 Å². The summed E-state index contributed by atoms with van der Waals surface area (Å²) in [4.78, 5) is 46.4. The third-order valence-corrected chi connectivity index (χ3v) is 7.90. The van der Waals surface area contributed by atoms with Gasteiger partial charge in [-0.3, -0.25) is 14.4 Å². The topological polar surface area (TPSA) is 141 Å². The van der Waals surface area contributed by atoms with Gasteiger partial charge in [0.2, 0.25) is 11.8 Å². The first-order valence-corrected chi connectivity index (χ1v) is 15.8. The summed E-state index contributed by atoms with van der Waals surface area (Å²) in [5, 5.41) is 5.47. The molecule has 3 aromatic carbocycles. The molecule has 1 aromatic heterocycles. The predicted molar refractivity (Wildman–Crippen MR) is 178 cm³/mol. The highest BCUT2D eigenvalue weighted by Gasteiger charge is 2.32. The van der Waals surface area contributed by atoms with Crippen LogP contribution in [0.3, 0.4) is 0 Å². The molecule has 1 aliphatic rings. The first-order chi connectivity index (χ1) is 22.7. The third-order valence-electron chi connectivity index (χ3n) is 7.90. The van der Waals surface area contributed by atoms with E-state index in [4.69, 9.17) is 15.2 Å². The molecule has 47 heavy (non-hydrogen) atoms. The first-order valence-electron chi connectivity index (χ1n) is 15.8. The van der Waals surface area contributed by atoms with Crippen molar-refractivity contribution in [3.05, 3.63) is 115 Å². The maximum absolute atomic E-state index is 14.0. The molecule has 11 heteroatoms. The van der Waals surface area contributed by atoms with Gasteiger partial charge in [0.15, 0.2) is 5.82 Å². The number of anilines is 1. The van der Waals surface area contributed by atoms with Crippen LogP contribution in [-0.4, -0.2) is 69.6 Å². The SMILES string of the molecule is CC(C)(N)C(=O)NC(COCc1ccccc1)C(=O)Nc1cn(C(C(=O)N2CCC(Oc3ccccc3)CC2)c2ccccc2)cn1. The number of benzene rings is 3.